The zero-order valence-electron chi connectivity index (χ0n) is 16.5. The molecule has 0 aromatic heterocycles. The van der Waals surface area contributed by atoms with Gasteiger partial charge >= 0.3 is 0 Å². The van der Waals surface area contributed by atoms with Gasteiger partial charge in [-0.25, -0.2) is 0 Å². The normalized spacial score (nSPS) is 16.2. The van der Waals surface area contributed by atoms with Gasteiger partial charge in [0, 0.05) is 36.9 Å². The van der Waals surface area contributed by atoms with E-state index in [1.54, 1.807) is 6.07 Å². The van der Waals surface area contributed by atoms with Crippen molar-refractivity contribution in [2.45, 2.75) is 32.7 Å². The molecule has 1 fully saturated rings. The SMILES string of the molecule is CC(C)NC(=O)c1ccccc1-c1cccc(C(=O)NCC[C@@H]2CCOC2)c1. The van der Waals surface area contributed by atoms with Crippen molar-refractivity contribution in [2.75, 3.05) is 19.8 Å². The van der Waals surface area contributed by atoms with Gasteiger partial charge in [0.15, 0.2) is 0 Å². The maximum absolute atomic E-state index is 12.5. The molecule has 3 rings (SSSR count). The second-order valence-corrected chi connectivity index (χ2v) is 7.53. The molecule has 5 heteroatoms. The smallest absolute Gasteiger partial charge is 0.252 e. The molecule has 2 amide bonds. The average molecular weight is 380 g/mol. The molecule has 1 aliphatic heterocycles. The molecule has 1 heterocycles. The van der Waals surface area contributed by atoms with E-state index in [0.29, 0.717) is 23.6 Å². The number of hydrogen-bond donors (Lipinski definition) is 2. The number of benzene rings is 2. The van der Waals surface area contributed by atoms with Gasteiger partial charge < -0.3 is 15.4 Å². The van der Waals surface area contributed by atoms with Crippen molar-refractivity contribution in [2.24, 2.45) is 5.92 Å². The average Bonchev–Trinajstić information content (AvgIpc) is 3.21. The van der Waals surface area contributed by atoms with Gasteiger partial charge in [0.2, 0.25) is 0 Å². The highest BCUT2D eigenvalue weighted by Crippen LogP contribution is 2.25. The molecule has 0 spiro atoms. The van der Waals surface area contributed by atoms with Gasteiger partial charge in [-0.2, -0.15) is 0 Å². The summed E-state index contributed by atoms with van der Waals surface area (Å²) in [6.07, 6.45) is 2.00. The Kier molecular flexibility index (Phi) is 6.82. The summed E-state index contributed by atoms with van der Waals surface area (Å²) in [5.41, 5.74) is 2.87. The van der Waals surface area contributed by atoms with E-state index in [9.17, 15) is 9.59 Å². The third-order valence-electron chi connectivity index (χ3n) is 4.89. The van der Waals surface area contributed by atoms with Crippen LogP contribution in [-0.2, 0) is 4.74 Å². The number of ether oxygens (including phenoxy) is 1. The first-order valence-corrected chi connectivity index (χ1v) is 9.91. The van der Waals surface area contributed by atoms with E-state index in [4.69, 9.17) is 4.74 Å². The summed E-state index contributed by atoms with van der Waals surface area (Å²) in [7, 11) is 0. The van der Waals surface area contributed by atoms with Crippen LogP contribution in [0.5, 0.6) is 0 Å². The molecule has 2 aromatic carbocycles. The van der Waals surface area contributed by atoms with E-state index >= 15 is 0 Å². The van der Waals surface area contributed by atoms with Crippen molar-refractivity contribution < 1.29 is 14.3 Å². The summed E-state index contributed by atoms with van der Waals surface area (Å²) in [4.78, 5) is 25.1. The van der Waals surface area contributed by atoms with Gasteiger partial charge in [0.25, 0.3) is 11.8 Å². The van der Waals surface area contributed by atoms with Gasteiger partial charge in [-0.15, -0.1) is 0 Å². The summed E-state index contributed by atoms with van der Waals surface area (Å²) >= 11 is 0. The lowest BCUT2D eigenvalue weighted by Crippen LogP contribution is -2.30. The van der Waals surface area contributed by atoms with Gasteiger partial charge in [-0.05, 0) is 61.9 Å². The first kappa shape index (κ1) is 20.1. The summed E-state index contributed by atoms with van der Waals surface area (Å²) < 4.78 is 5.37. The van der Waals surface area contributed by atoms with Crippen LogP contribution in [0.4, 0.5) is 0 Å². The van der Waals surface area contributed by atoms with Crippen LogP contribution in [0.25, 0.3) is 11.1 Å². The minimum absolute atomic E-state index is 0.0583. The molecular weight excluding hydrogens is 352 g/mol. The highest BCUT2D eigenvalue weighted by Gasteiger charge is 2.17. The van der Waals surface area contributed by atoms with E-state index in [1.165, 1.54) is 0 Å². The highest BCUT2D eigenvalue weighted by atomic mass is 16.5. The predicted octanol–water partition coefficient (Wildman–Crippen LogP) is 3.65. The quantitative estimate of drug-likeness (QED) is 0.770. The van der Waals surface area contributed by atoms with Crippen LogP contribution >= 0.6 is 0 Å². The summed E-state index contributed by atoms with van der Waals surface area (Å²) in [6.45, 7) is 6.13. The highest BCUT2D eigenvalue weighted by molar-refractivity contribution is 6.02. The number of carbonyl (C=O) groups is 2. The molecule has 1 aliphatic rings. The molecule has 28 heavy (non-hydrogen) atoms. The van der Waals surface area contributed by atoms with Gasteiger partial charge in [-0.3, -0.25) is 9.59 Å². The molecule has 0 aliphatic carbocycles. The fourth-order valence-electron chi connectivity index (χ4n) is 3.40. The maximum atomic E-state index is 12.5. The Morgan fingerprint density at radius 3 is 2.68 bits per heavy atom. The van der Waals surface area contributed by atoms with Crippen LogP contribution in [0, 0.1) is 5.92 Å². The summed E-state index contributed by atoms with van der Waals surface area (Å²) in [5, 5.41) is 5.93. The van der Waals surface area contributed by atoms with Crippen LogP contribution in [0.3, 0.4) is 0 Å². The Bertz CT molecular complexity index is 826. The van der Waals surface area contributed by atoms with Gasteiger partial charge in [0.1, 0.15) is 0 Å². The monoisotopic (exact) mass is 380 g/mol. The Balaban J connectivity index is 1.72. The first-order valence-electron chi connectivity index (χ1n) is 9.91. The van der Waals surface area contributed by atoms with E-state index in [-0.39, 0.29) is 17.9 Å². The minimum atomic E-state index is -0.112. The second-order valence-electron chi connectivity index (χ2n) is 7.53. The van der Waals surface area contributed by atoms with Crippen molar-refractivity contribution in [1.29, 1.82) is 0 Å². The summed E-state index contributed by atoms with van der Waals surface area (Å²) in [6, 6.07) is 14.9. The van der Waals surface area contributed by atoms with Crippen molar-refractivity contribution in [3.8, 4) is 11.1 Å². The fraction of sp³-hybridized carbons (Fsp3) is 0.391. The third kappa shape index (κ3) is 5.20. The number of nitrogens with one attached hydrogen (secondary N) is 2. The Morgan fingerprint density at radius 2 is 1.93 bits per heavy atom. The van der Waals surface area contributed by atoms with E-state index in [0.717, 1.165) is 37.2 Å². The molecule has 0 bridgehead atoms. The second kappa shape index (κ2) is 9.51. The third-order valence-corrected chi connectivity index (χ3v) is 4.89. The predicted molar refractivity (Wildman–Crippen MR) is 110 cm³/mol. The largest absolute Gasteiger partial charge is 0.381 e. The first-order chi connectivity index (χ1) is 13.5. The van der Waals surface area contributed by atoms with Crippen LogP contribution < -0.4 is 10.6 Å². The van der Waals surface area contributed by atoms with Crippen molar-refractivity contribution in [1.82, 2.24) is 10.6 Å². The van der Waals surface area contributed by atoms with Crippen molar-refractivity contribution in [3.05, 3.63) is 59.7 Å². The molecule has 0 saturated carbocycles. The Labute approximate surface area is 166 Å². The van der Waals surface area contributed by atoms with Crippen molar-refractivity contribution >= 4 is 11.8 Å². The van der Waals surface area contributed by atoms with E-state index < -0.39 is 0 Å². The fourth-order valence-corrected chi connectivity index (χ4v) is 3.40. The van der Waals surface area contributed by atoms with Gasteiger partial charge in [0.05, 0.1) is 0 Å². The Hall–Kier alpha value is -2.66. The molecular formula is C23H28N2O3. The number of carbonyl (C=O) groups excluding carboxylic acids is 2. The Morgan fingerprint density at radius 1 is 1.11 bits per heavy atom. The zero-order chi connectivity index (χ0) is 19.9. The lowest BCUT2D eigenvalue weighted by atomic mass is 9.97. The molecule has 2 aromatic rings. The van der Waals surface area contributed by atoms with Crippen LogP contribution in [0.15, 0.2) is 48.5 Å². The molecule has 1 atom stereocenters. The van der Waals surface area contributed by atoms with Crippen LogP contribution in [-0.4, -0.2) is 37.6 Å². The van der Waals surface area contributed by atoms with Gasteiger partial charge in [-0.1, -0.05) is 30.3 Å². The number of hydrogen-bond acceptors (Lipinski definition) is 3. The minimum Gasteiger partial charge on any atom is -0.381 e. The summed E-state index contributed by atoms with van der Waals surface area (Å²) in [5.74, 6) is 0.335. The molecule has 5 nitrogen and oxygen atoms in total. The van der Waals surface area contributed by atoms with E-state index in [1.807, 2.05) is 56.3 Å². The standard InChI is InChI=1S/C23H28N2O3/c1-16(2)25-23(27)21-9-4-3-8-20(21)18-6-5-7-19(14-18)22(26)24-12-10-17-11-13-28-15-17/h3-9,14,16-17H,10-13,15H2,1-2H3,(H,24,26)(H,25,27)/t17-/m1/s1. The number of amides is 2. The van der Waals surface area contributed by atoms with Crippen LogP contribution in [0.2, 0.25) is 0 Å². The van der Waals surface area contributed by atoms with Crippen molar-refractivity contribution in [3.63, 3.8) is 0 Å². The molecule has 1 saturated heterocycles. The lowest BCUT2D eigenvalue weighted by Gasteiger charge is -2.13. The molecule has 2 N–H and O–H groups in total. The maximum Gasteiger partial charge on any atom is 0.252 e. The van der Waals surface area contributed by atoms with Crippen LogP contribution in [0.1, 0.15) is 47.4 Å². The lowest BCUT2D eigenvalue weighted by molar-refractivity contribution is 0.0938. The molecule has 0 unspecified atom stereocenters. The molecule has 148 valence electrons. The van der Waals surface area contributed by atoms with E-state index in [2.05, 4.69) is 10.6 Å². The molecule has 0 radical (unpaired) electrons. The number of rotatable bonds is 7. The topological polar surface area (TPSA) is 67.4 Å². The zero-order valence-corrected chi connectivity index (χ0v) is 16.5.